The van der Waals surface area contributed by atoms with Crippen molar-refractivity contribution in [2.45, 2.75) is 27.2 Å². The van der Waals surface area contributed by atoms with E-state index in [1.54, 1.807) is 0 Å². The Morgan fingerprint density at radius 3 is 2.82 bits per heavy atom. The van der Waals surface area contributed by atoms with E-state index in [0.29, 0.717) is 17.7 Å². The first-order valence-electron chi connectivity index (χ1n) is 4.11. The molecule has 0 aliphatic carbocycles. The lowest BCUT2D eigenvalue weighted by Gasteiger charge is -2.12. The molecule has 0 saturated heterocycles. The molecule has 2 unspecified atom stereocenters. The fraction of sp³-hybridized carbons (Fsp3) is 0.667. The second kappa shape index (κ2) is 3.07. The van der Waals surface area contributed by atoms with Gasteiger partial charge in [0.1, 0.15) is 5.82 Å². The van der Waals surface area contributed by atoms with Gasteiger partial charge < -0.3 is 5.73 Å². The monoisotopic (exact) mass is 152 g/mol. The van der Waals surface area contributed by atoms with E-state index in [1.165, 1.54) is 0 Å². The van der Waals surface area contributed by atoms with E-state index < -0.39 is 0 Å². The van der Waals surface area contributed by atoms with Crippen molar-refractivity contribution in [2.75, 3.05) is 0 Å². The van der Waals surface area contributed by atoms with Gasteiger partial charge in [-0.3, -0.25) is 0 Å². The molecule has 0 aromatic heterocycles. The van der Waals surface area contributed by atoms with Crippen molar-refractivity contribution in [1.29, 1.82) is 0 Å². The highest BCUT2D eigenvalue weighted by Gasteiger charge is 2.14. The smallest absolute Gasteiger partial charge is 0.119 e. The Bertz CT molecular complexity index is 204. The highest BCUT2D eigenvalue weighted by atomic mass is 14.9. The topological polar surface area (TPSA) is 38.4 Å². The summed E-state index contributed by atoms with van der Waals surface area (Å²) in [5.41, 5.74) is 6.80. The molecule has 2 nitrogen and oxygen atoms in total. The second-order valence-corrected chi connectivity index (χ2v) is 3.48. The van der Waals surface area contributed by atoms with E-state index in [9.17, 15) is 0 Å². The van der Waals surface area contributed by atoms with Crippen LogP contribution in [0.2, 0.25) is 0 Å². The summed E-state index contributed by atoms with van der Waals surface area (Å²) in [4.78, 5) is 4.23. The maximum atomic E-state index is 5.65. The minimum absolute atomic E-state index is 0.552. The minimum atomic E-state index is 0.552. The Kier molecular flexibility index (Phi) is 2.32. The zero-order valence-corrected chi connectivity index (χ0v) is 7.46. The molecule has 2 atom stereocenters. The maximum Gasteiger partial charge on any atom is 0.119 e. The molecular formula is C9H16N2. The summed E-state index contributed by atoms with van der Waals surface area (Å²) in [5, 5.41) is 0. The third kappa shape index (κ3) is 2.07. The van der Waals surface area contributed by atoms with Crippen LogP contribution in [0.4, 0.5) is 0 Å². The molecule has 0 fully saturated rings. The summed E-state index contributed by atoms with van der Waals surface area (Å²) in [6.07, 6.45) is 3.11. The molecule has 11 heavy (non-hydrogen) atoms. The number of allylic oxidation sites excluding steroid dienone is 1. The third-order valence-electron chi connectivity index (χ3n) is 2.27. The number of hydrogen-bond acceptors (Lipinski definition) is 2. The Morgan fingerprint density at radius 1 is 1.55 bits per heavy atom. The fourth-order valence-corrected chi connectivity index (χ4v) is 1.39. The summed E-state index contributed by atoms with van der Waals surface area (Å²) in [6, 6.07) is 0. The predicted molar refractivity (Wildman–Crippen MR) is 48.3 cm³/mol. The van der Waals surface area contributed by atoms with Crippen molar-refractivity contribution in [3.05, 3.63) is 11.9 Å². The van der Waals surface area contributed by atoms with Crippen LogP contribution in [0.5, 0.6) is 0 Å². The first kappa shape index (κ1) is 8.31. The van der Waals surface area contributed by atoms with Crippen LogP contribution in [0.1, 0.15) is 27.2 Å². The van der Waals surface area contributed by atoms with Crippen LogP contribution in [-0.2, 0) is 0 Å². The Hall–Kier alpha value is -0.790. The average molecular weight is 152 g/mol. The zero-order chi connectivity index (χ0) is 8.43. The quantitative estimate of drug-likeness (QED) is 0.566. The summed E-state index contributed by atoms with van der Waals surface area (Å²) < 4.78 is 0. The van der Waals surface area contributed by atoms with Gasteiger partial charge in [-0.15, -0.1) is 0 Å². The second-order valence-electron chi connectivity index (χ2n) is 3.48. The van der Waals surface area contributed by atoms with E-state index >= 15 is 0 Å². The van der Waals surface area contributed by atoms with Crippen molar-refractivity contribution in [2.24, 2.45) is 22.6 Å². The lowest BCUT2D eigenvalue weighted by atomic mass is 9.92. The average Bonchev–Trinajstić information content (AvgIpc) is 1.93. The standard InChI is InChI=1S/C9H16N2/c1-6-4-8(3)11-9(10)5-7(6)2/h5-7H,4,10H2,1-3H3. The van der Waals surface area contributed by atoms with Crippen LogP contribution in [0.25, 0.3) is 0 Å². The first-order chi connectivity index (χ1) is 5.09. The maximum absolute atomic E-state index is 5.65. The lowest BCUT2D eigenvalue weighted by Crippen LogP contribution is -2.07. The van der Waals surface area contributed by atoms with Crippen LogP contribution in [0, 0.1) is 11.8 Å². The predicted octanol–water partition coefficient (Wildman–Crippen LogP) is 1.92. The van der Waals surface area contributed by atoms with Gasteiger partial charge in [0.2, 0.25) is 0 Å². The molecule has 0 saturated carbocycles. The van der Waals surface area contributed by atoms with Crippen LogP contribution in [0.3, 0.4) is 0 Å². The number of nitrogens with zero attached hydrogens (tertiary/aromatic N) is 1. The van der Waals surface area contributed by atoms with Gasteiger partial charge in [0, 0.05) is 5.71 Å². The van der Waals surface area contributed by atoms with Crippen molar-refractivity contribution in [1.82, 2.24) is 0 Å². The normalized spacial score (nSPS) is 32.3. The van der Waals surface area contributed by atoms with Crippen LogP contribution < -0.4 is 5.73 Å². The van der Waals surface area contributed by atoms with Crippen molar-refractivity contribution in [3.8, 4) is 0 Å². The van der Waals surface area contributed by atoms with E-state index in [4.69, 9.17) is 5.73 Å². The Labute approximate surface area is 68.2 Å². The molecule has 1 aliphatic rings. The molecule has 2 N–H and O–H groups in total. The van der Waals surface area contributed by atoms with Gasteiger partial charge >= 0.3 is 0 Å². The minimum Gasteiger partial charge on any atom is -0.384 e. The van der Waals surface area contributed by atoms with E-state index in [2.05, 4.69) is 18.8 Å². The lowest BCUT2D eigenvalue weighted by molar-refractivity contribution is 0.478. The van der Waals surface area contributed by atoms with Crippen LogP contribution in [-0.4, -0.2) is 5.71 Å². The highest BCUT2D eigenvalue weighted by molar-refractivity contribution is 5.83. The molecule has 62 valence electrons. The number of rotatable bonds is 0. The molecule has 0 aromatic carbocycles. The summed E-state index contributed by atoms with van der Waals surface area (Å²) in [7, 11) is 0. The Morgan fingerprint density at radius 2 is 2.18 bits per heavy atom. The van der Waals surface area contributed by atoms with E-state index in [-0.39, 0.29) is 0 Å². The van der Waals surface area contributed by atoms with Gasteiger partial charge in [0.15, 0.2) is 0 Å². The third-order valence-corrected chi connectivity index (χ3v) is 2.27. The molecule has 0 radical (unpaired) electrons. The molecule has 0 aromatic rings. The van der Waals surface area contributed by atoms with Crippen molar-refractivity contribution in [3.63, 3.8) is 0 Å². The van der Waals surface area contributed by atoms with Crippen LogP contribution >= 0.6 is 0 Å². The van der Waals surface area contributed by atoms with Gasteiger partial charge in [0.25, 0.3) is 0 Å². The highest BCUT2D eigenvalue weighted by Crippen LogP contribution is 2.21. The van der Waals surface area contributed by atoms with Crippen LogP contribution in [0.15, 0.2) is 16.9 Å². The molecule has 0 bridgehead atoms. The fourth-order valence-electron chi connectivity index (χ4n) is 1.39. The molecular weight excluding hydrogens is 136 g/mol. The molecule has 1 heterocycles. The molecule has 2 heteroatoms. The first-order valence-corrected chi connectivity index (χ1v) is 4.11. The van der Waals surface area contributed by atoms with Crippen molar-refractivity contribution >= 4 is 5.71 Å². The largest absolute Gasteiger partial charge is 0.384 e. The summed E-state index contributed by atoms with van der Waals surface area (Å²) in [6.45, 7) is 6.46. The number of aliphatic imine (C=N–C) groups is 1. The Balaban J connectivity index is 2.82. The van der Waals surface area contributed by atoms with Gasteiger partial charge in [-0.2, -0.15) is 0 Å². The SMILES string of the molecule is CC1=NC(N)=CC(C)C(C)C1. The van der Waals surface area contributed by atoms with E-state index in [0.717, 1.165) is 12.1 Å². The van der Waals surface area contributed by atoms with Gasteiger partial charge in [-0.1, -0.05) is 13.8 Å². The van der Waals surface area contributed by atoms with Crippen molar-refractivity contribution < 1.29 is 0 Å². The molecule has 0 spiro atoms. The number of nitrogens with two attached hydrogens (primary N) is 1. The van der Waals surface area contributed by atoms with Gasteiger partial charge in [-0.05, 0) is 31.3 Å². The molecule has 0 amide bonds. The molecule has 1 aliphatic heterocycles. The summed E-state index contributed by atoms with van der Waals surface area (Å²) in [5.74, 6) is 1.90. The summed E-state index contributed by atoms with van der Waals surface area (Å²) >= 11 is 0. The van der Waals surface area contributed by atoms with E-state index in [1.807, 2.05) is 13.0 Å². The zero-order valence-electron chi connectivity index (χ0n) is 7.46. The number of hydrogen-bond donors (Lipinski definition) is 1. The van der Waals surface area contributed by atoms with Gasteiger partial charge in [0.05, 0.1) is 0 Å². The molecule has 1 rings (SSSR count). The van der Waals surface area contributed by atoms with Gasteiger partial charge in [-0.25, -0.2) is 4.99 Å².